The normalized spacial score (nSPS) is 20.3. The lowest BCUT2D eigenvalue weighted by molar-refractivity contribution is 0.0423. The number of hydrogen-bond acceptors (Lipinski definition) is 5. The van der Waals surface area contributed by atoms with Crippen molar-refractivity contribution in [1.29, 1.82) is 0 Å². The van der Waals surface area contributed by atoms with Gasteiger partial charge in [0.05, 0.1) is 11.3 Å². The Hall–Kier alpha value is -2.47. The number of carbonyl (C=O) groups excluding carboxylic acids is 1. The predicted octanol–water partition coefficient (Wildman–Crippen LogP) is 3.74. The number of benzene rings is 1. The van der Waals surface area contributed by atoms with Crippen LogP contribution in [0.25, 0.3) is 0 Å². The van der Waals surface area contributed by atoms with Crippen molar-refractivity contribution in [3.8, 4) is 5.75 Å². The molecule has 0 atom stereocenters. The summed E-state index contributed by atoms with van der Waals surface area (Å²) in [5.74, 6) is 1.11. The van der Waals surface area contributed by atoms with Gasteiger partial charge in [0.25, 0.3) is 5.91 Å². The molecule has 0 bridgehead atoms. The molecule has 166 valence electrons. The first kappa shape index (κ1) is 21.8. The largest absolute Gasteiger partial charge is 0.492 e. The molecule has 1 fully saturated rings. The number of likely N-dealkylation sites (N-methyl/N-ethyl adjacent to an activating group) is 1. The molecule has 1 amide bonds. The van der Waals surface area contributed by atoms with Gasteiger partial charge in [0.2, 0.25) is 0 Å². The van der Waals surface area contributed by atoms with Crippen LogP contribution in [0.1, 0.15) is 53.7 Å². The van der Waals surface area contributed by atoms with Crippen molar-refractivity contribution in [2.24, 2.45) is 5.41 Å². The predicted molar refractivity (Wildman–Crippen MR) is 121 cm³/mol. The number of amides is 1. The summed E-state index contributed by atoms with van der Waals surface area (Å²) in [6.07, 6.45) is 9.92. The molecule has 3 heterocycles. The number of ether oxygens (including phenoxy) is 1. The molecule has 0 unspecified atom stereocenters. The van der Waals surface area contributed by atoms with Crippen LogP contribution >= 0.6 is 0 Å². The van der Waals surface area contributed by atoms with E-state index in [-0.39, 0.29) is 11.3 Å². The minimum atomic E-state index is 0.0689. The van der Waals surface area contributed by atoms with E-state index < -0.39 is 0 Å². The van der Waals surface area contributed by atoms with Crippen LogP contribution in [0.5, 0.6) is 5.75 Å². The molecule has 0 aliphatic carbocycles. The lowest BCUT2D eigenvalue weighted by Crippen LogP contribution is -2.48. The summed E-state index contributed by atoms with van der Waals surface area (Å²) >= 11 is 0. The summed E-state index contributed by atoms with van der Waals surface area (Å²) < 4.78 is 6.11. The van der Waals surface area contributed by atoms with Gasteiger partial charge in [-0.3, -0.25) is 4.79 Å². The number of likely N-dealkylation sites (tertiary alicyclic amines) is 1. The summed E-state index contributed by atoms with van der Waals surface area (Å²) in [7, 11) is 2.20. The molecule has 2 aromatic rings. The van der Waals surface area contributed by atoms with Crippen molar-refractivity contribution in [3.63, 3.8) is 0 Å². The highest BCUT2D eigenvalue weighted by Gasteiger charge is 2.37. The van der Waals surface area contributed by atoms with Crippen LogP contribution in [0.4, 0.5) is 0 Å². The molecule has 1 spiro atoms. The van der Waals surface area contributed by atoms with E-state index in [9.17, 15) is 4.79 Å². The fraction of sp³-hybridized carbons (Fsp3) is 0.560. The van der Waals surface area contributed by atoms with Crippen LogP contribution in [0, 0.1) is 12.3 Å². The molecule has 0 radical (unpaired) electrons. The van der Waals surface area contributed by atoms with Crippen molar-refractivity contribution in [2.45, 2.75) is 45.4 Å². The number of nitrogens with zero attached hydrogens (tertiary/aromatic N) is 4. The fourth-order valence-electron chi connectivity index (χ4n) is 5.07. The number of aromatic nitrogens is 2. The van der Waals surface area contributed by atoms with Gasteiger partial charge in [-0.15, -0.1) is 0 Å². The van der Waals surface area contributed by atoms with Crippen LogP contribution < -0.4 is 4.74 Å². The summed E-state index contributed by atoms with van der Waals surface area (Å²) in [4.78, 5) is 25.6. The maximum absolute atomic E-state index is 13.0. The zero-order valence-electron chi connectivity index (χ0n) is 18.8. The lowest BCUT2D eigenvalue weighted by atomic mass is 9.73. The molecule has 0 saturated carbocycles. The number of hydrogen-bond donors (Lipinski definition) is 0. The van der Waals surface area contributed by atoms with E-state index in [4.69, 9.17) is 4.74 Å². The average Bonchev–Trinajstić information content (AvgIpc) is 2.77. The molecule has 4 rings (SSSR count). The van der Waals surface area contributed by atoms with E-state index >= 15 is 0 Å². The molecule has 1 aromatic carbocycles. The number of rotatable bonds is 1. The van der Waals surface area contributed by atoms with E-state index in [0.29, 0.717) is 12.2 Å². The second-order valence-corrected chi connectivity index (χ2v) is 9.22. The Bertz CT molecular complexity index is 893. The van der Waals surface area contributed by atoms with E-state index in [1.165, 1.54) is 31.2 Å². The van der Waals surface area contributed by atoms with Gasteiger partial charge in [0, 0.05) is 32.4 Å². The van der Waals surface area contributed by atoms with Gasteiger partial charge < -0.3 is 14.5 Å². The van der Waals surface area contributed by atoms with E-state index in [1.807, 2.05) is 11.8 Å². The molecule has 0 N–H and O–H groups in total. The number of carbonyl (C=O) groups is 1. The third-order valence-electron chi connectivity index (χ3n) is 6.96. The smallest absolute Gasteiger partial charge is 0.257 e. The lowest BCUT2D eigenvalue weighted by Gasteiger charge is -2.44. The van der Waals surface area contributed by atoms with Gasteiger partial charge in [-0.2, -0.15) is 0 Å². The van der Waals surface area contributed by atoms with Crippen molar-refractivity contribution in [3.05, 3.63) is 53.6 Å². The molecule has 31 heavy (non-hydrogen) atoms. The highest BCUT2D eigenvalue weighted by molar-refractivity contribution is 5.94. The quantitative estimate of drug-likeness (QED) is 0.701. The Labute approximate surface area is 185 Å². The van der Waals surface area contributed by atoms with Crippen LogP contribution in [0.15, 0.2) is 36.8 Å². The zero-order valence-corrected chi connectivity index (χ0v) is 18.8. The topological polar surface area (TPSA) is 58.6 Å². The molecular formula is C25H34N4O2. The minimum absolute atomic E-state index is 0.0689. The summed E-state index contributed by atoms with van der Waals surface area (Å²) in [5, 5.41) is 0. The third kappa shape index (κ3) is 5.24. The van der Waals surface area contributed by atoms with E-state index in [1.54, 1.807) is 6.20 Å². The first-order chi connectivity index (χ1) is 15.1. The molecule has 1 saturated heterocycles. The zero-order chi connectivity index (χ0) is 21.7. The molecular weight excluding hydrogens is 388 g/mol. The van der Waals surface area contributed by atoms with Crippen LogP contribution in [0.3, 0.4) is 0 Å². The van der Waals surface area contributed by atoms with E-state index in [2.05, 4.69) is 46.2 Å². The Morgan fingerprint density at radius 3 is 2.71 bits per heavy atom. The highest BCUT2D eigenvalue weighted by atomic mass is 16.5. The SMILES string of the molecule is Cc1ncncc1C(=O)N1CCC2(CCCCc3ccccc3OCCN(C)C2)CC1. The number of para-hydroxylation sites is 1. The van der Waals surface area contributed by atoms with Crippen LogP contribution in [-0.4, -0.2) is 65.5 Å². The monoisotopic (exact) mass is 422 g/mol. The Morgan fingerprint density at radius 1 is 1.10 bits per heavy atom. The molecule has 1 aromatic heterocycles. The Morgan fingerprint density at radius 2 is 1.90 bits per heavy atom. The molecule has 6 heteroatoms. The standard InChI is InChI=1S/C25H34N4O2/c1-20-22(17-26-19-27-20)24(30)29-13-11-25(12-14-29)10-6-5-8-21-7-3-4-9-23(21)31-16-15-28(2)18-25/h3-4,7,9,17,19H,5-6,8,10-16,18H2,1-2H3. The van der Waals surface area contributed by atoms with Crippen LogP contribution in [0.2, 0.25) is 0 Å². The summed E-state index contributed by atoms with van der Waals surface area (Å²) in [6.45, 7) is 6.18. The van der Waals surface area contributed by atoms with Gasteiger partial charge in [-0.1, -0.05) is 24.6 Å². The minimum Gasteiger partial charge on any atom is -0.492 e. The highest BCUT2D eigenvalue weighted by Crippen LogP contribution is 2.38. The maximum Gasteiger partial charge on any atom is 0.257 e. The van der Waals surface area contributed by atoms with Gasteiger partial charge >= 0.3 is 0 Å². The Kier molecular flexibility index (Phi) is 6.86. The number of fused-ring (bicyclic) bond motifs is 1. The van der Waals surface area contributed by atoms with Crippen molar-refractivity contribution >= 4 is 5.91 Å². The van der Waals surface area contributed by atoms with Gasteiger partial charge in [-0.05, 0) is 63.1 Å². The molecule has 6 nitrogen and oxygen atoms in total. The van der Waals surface area contributed by atoms with Gasteiger partial charge in [-0.25, -0.2) is 9.97 Å². The first-order valence-electron chi connectivity index (χ1n) is 11.5. The fourth-order valence-corrected chi connectivity index (χ4v) is 5.07. The molecule has 2 aliphatic rings. The van der Waals surface area contributed by atoms with Gasteiger partial charge in [0.15, 0.2) is 0 Å². The second kappa shape index (κ2) is 9.77. The Balaban J connectivity index is 1.41. The average molecular weight is 423 g/mol. The van der Waals surface area contributed by atoms with Gasteiger partial charge in [0.1, 0.15) is 18.7 Å². The number of aryl methyl sites for hydroxylation is 2. The first-order valence-corrected chi connectivity index (χ1v) is 11.5. The van der Waals surface area contributed by atoms with E-state index in [0.717, 1.165) is 56.9 Å². The third-order valence-corrected chi connectivity index (χ3v) is 6.96. The second-order valence-electron chi connectivity index (χ2n) is 9.22. The summed E-state index contributed by atoms with van der Waals surface area (Å²) in [6, 6.07) is 8.45. The van der Waals surface area contributed by atoms with Crippen molar-refractivity contribution in [2.75, 3.05) is 39.8 Å². The maximum atomic E-state index is 13.0. The molecule has 2 aliphatic heterocycles. The van der Waals surface area contributed by atoms with Crippen molar-refractivity contribution in [1.82, 2.24) is 19.8 Å². The number of piperidine rings is 1. The summed E-state index contributed by atoms with van der Waals surface area (Å²) in [5.41, 5.74) is 2.98. The van der Waals surface area contributed by atoms with Crippen molar-refractivity contribution < 1.29 is 9.53 Å². The van der Waals surface area contributed by atoms with Crippen LogP contribution in [-0.2, 0) is 6.42 Å².